The summed E-state index contributed by atoms with van der Waals surface area (Å²) in [4.78, 5) is 9.36. The summed E-state index contributed by atoms with van der Waals surface area (Å²) in [6.45, 7) is 7.28. The Morgan fingerprint density at radius 1 is 1.19 bits per heavy atom. The number of rotatable bonds is 5. The molecule has 3 rings (SSSR count). The molecule has 0 spiro atoms. The minimum Gasteiger partial charge on any atom is -0.368 e. The van der Waals surface area contributed by atoms with Gasteiger partial charge >= 0.3 is 0 Å². The van der Waals surface area contributed by atoms with Crippen molar-refractivity contribution >= 4 is 11.6 Å². The summed E-state index contributed by atoms with van der Waals surface area (Å²) in [6.07, 6.45) is 4.81. The molecule has 140 valence electrons. The molecule has 1 fully saturated rings. The van der Waals surface area contributed by atoms with Gasteiger partial charge in [-0.25, -0.2) is 4.39 Å². The van der Waals surface area contributed by atoms with Crippen molar-refractivity contribution in [3.05, 3.63) is 48.0 Å². The maximum absolute atomic E-state index is 13.1. The highest BCUT2D eigenvalue weighted by atomic mass is 19.1. The number of hydrogen-bond acceptors (Lipinski definition) is 3. The monoisotopic (exact) mass is 358 g/mol. The molecule has 1 saturated heterocycles. The highest BCUT2D eigenvalue weighted by Crippen LogP contribution is 2.17. The second-order valence-corrected chi connectivity index (χ2v) is 6.46. The first-order chi connectivity index (χ1) is 12.7. The van der Waals surface area contributed by atoms with E-state index in [-0.39, 0.29) is 5.82 Å². The van der Waals surface area contributed by atoms with E-state index >= 15 is 0 Å². The zero-order valence-corrected chi connectivity index (χ0v) is 15.5. The van der Waals surface area contributed by atoms with Gasteiger partial charge in [0.25, 0.3) is 0 Å². The number of anilines is 1. The van der Waals surface area contributed by atoms with E-state index in [9.17, 15) is 4.39 Å². The Bertz CT molecular complexity index is 716. The van der Waals surface area contributed by atoms with Gasteiger partial charge in [0.2, 0.25) is 0 Å². The molecule has 0 aliphatic carbocycles. The van der Waals surface area contributed by atoms with E-state index in [1.165, 1.54) is 17.7 Å². The number of aryl methyl sites for hydroxylation is 1. The van der Waals surface area contributed by atoms with Crippen molar-refractivity contribution in [3.8, 4) is 0 Å². The van der Waals surface area contributed by atoms with E-state index in [0.29, 0.717) is 0 Å². The van der Waals surface area contributed by atoms with Crippen molar-refractivity contribution in [2.24, 2.45) is 12.0 Å². The summed E-state index contributed by atoms with van der Waals surface area (Å²) in [7, 11) is 1.93. The van der Waals surface area contributed by atoms with Gasteiger partial charge in [0.1, 0.15) is 5.82 Å². The summed E-state index contributed by atoms with van der Waals surface area (Å²) >= 11 is 0. The van der Waals surface area contributed by atoms with Crippen LogP contribution >= 0.6 is 0 Å². The lowest BCUT2D eigenvalue weighted by Gasteiger charge is -2.37. The van der Waals surface area contributed by atoms with E-state index in [1.54, 1.807) is 0 Å². The molecule has 2 heterocycles. The molecule has 6 nitrogen and oxygen atoms in total. The van der Waals surface area contributed by atoms with Gasteiger partial charge in [0, 0.05) is 58.2 Å². The van der Waals surface area contributed by atoms with E-state index < -0.39 is 0 Å². The van der Waals surface area contributed by atoms with Crippen LogP contribution in [0.4, 0.5) is 10.1 Å². The van der Waals surface area contributed by atoms with Gasteiger partial charge in [-0.1, -0.05) is 0 Å². The summed E-state index contributed by atoms with van der Waals surface area (Å²) in [5.41, 5.74) is 2.28. The molecule has 1 aromatic heterocycles. The van der Waals surface area contributed by atoms with Crippen LogP contribution in [0.15, 0.2) is 41.7 Å². The smallest absolute Gasteiger partial charge is 0.194 e. The fourth-order valence-electron chi connectivity index (χ4n) is 3.15. The van der Waals surface area contributed by atoms with Gasteiger partial charge < -0.3 is 15.1 Å². The Labute approximate surface area is 154 Å². The molecule has 0 bridgehead atoms. The van der Waals surface area contributed by atoms with E-state index in [4.69, 9.17) is 4.99 Å². The Balaban J connectivity index is 1.55. The third-order valence-electron chi connectivity index (χ3n) is 4.53. The lowest BCUT2D eigenvalue weighted by Crippen LogP contribution is -2.52. The van der Waals surface area contributed by atoms with E-state index in [2.05, 4.69) is 27.1 Å². The normalized spacial score (nSPS) is 15.4. The zero-order chi connectivity index (χ0) is 18.4. The Morgan fingerprint density at radius 2 is 1.92 bits per heavy atom. The molecular weight excluding hydrogens is 331 g/mol. The number of aliphatic imine (C=N–C) groups is 1. The molecule has 1 aliphatic heterocycles. The van der Waals surface area contributed by atoms with E-state index in [0.717, 1.165) is 57.3 Å². The third kappa shape index (κ3) is 4.74. The first-order valence-electron chi connectivity index (χ1n) is 9.17. The van der Waals surface area contributed by atoms with Crippen LogP contribution in [-0.4, -0.2) is 59.9 Å². The van der Waals surface area contributed by atoms with Crippen LogP contribution in [0.3, 0.4) is 0 Å². The first kappa shape index (κ1) is 18.2. The van der Waals surface area contributed by atoms with Gasteiger partial charge in [-0.3, -0.25) is 9.67 Å². The fraction of sp³-hybridized carbons (Fsp3) is 0.474. The van der Waals surface area contributed by atoms with Crippen LogP contribution in [0.1, 0.15) is 12.5 Å². The molecule has 1 aliphatic rings. The summed E-state index contributed by atoms with van der Waals surface area (Å²) in [5, 5.41) is 7.59. The topological polar surface area (TPSA) is 48.7 Å². The zero-order valence-electron chi connectivity index (χ0n) is 15.5. The summed E-state index contributed by atoms with van der Waals surface area (Å²) in [5.74, 6) is 0.776. The number of nitrogens with one attached hydrogen (secondary N) is 1. The van der Waals surface area contributed by atoms with Crippen LogP contribution in [-0.2, 0) is 13.5 Å². The first-order valence-corrected chi connectivity index (χ1v) is 9.17. The fourth-order valence-corrected chi connectivity index (χ4v) is 3.15. The number of halogens is 1. The van der Waals surface area contributed by atoms with Crippen molar-refractivity contribution in [1.82, 2.24) is 20.0 Å². The molecule has 2 aromatic rings. The van der Waals surface area contributed by atoms with Crippen molar-refractivity contribution in [2.45, 2.75) is 13.3 Å². The quantitative estimate of drug-likeness (QED) is 0.655. The van der Waals surface area contributed by atoms with Crippen LogP contribution in [0.5, 0.6) is 0 Å². The van der Waals surface area contributed by atoms with Gasteiger partial charge in [0.15, 0.2) is 5.96 Å². The molecule has 0 saturated carbocycles. The van der Waals surface area contributed by atoms with Crippen LogP contribution in [0.25, 0.3) is 0 Å². The lowest BCUT2D eigenvalue weighted by atomic mass is 10.2. The number of piperazine rings is 1. The van der Waals surface area contributed by atoms with Crippen molar-refractivity contribution in [1.29, 1.82) is 0 Å². The molecule has 0 radical (unpaired) electrons. The van der Waals surface area contributed by atoms with Gasteiger partial charge in [-0.15, -0.1) is 0 Å². The number of aromatic nitrogens is 2. The van der Waals surface area contributed by atoms with Gasteiger partial charge in [0.05, 0.1) is 6.20 Å². The van der Waals surface area contributed by atoms with Crippen LogP contribution in [0.2, 0.25) is 0 Å². The predicted octanol–water partition coefficient (Wildman–Crippen LogP) is 1.89. The highest BCUT2D eigenvalue weighted by molar-refractivity contribution is 5.80. The highest BCUT2D eigenvalue weighted by Gasteiger charge is 2.19. The predicted molar refractivity (Wildman–Crippen MR) is 103 cm³/mol. The molecule has 0 unspecified atom stereocenters. The van der Waals surface area contributed by atoms with Gasteiger partial charge in [-0.05, 0) is 43.2 Å². The SMILES string of the molecule is CCNC(=NCCc1cnn(C)c1)N1CCN(c2ccc(F)cc2)CC1. The lowest BCUT2D eigenvalue weighted by molar-refractivity contribution is 0.372. The Hall–Kier alpha value is -2.57. The second-order valence-electron chi connectivity index (χ2n) is 6.46. The molecule has 26 heavy (non-hydrogen) atoms. The molecule has 1 aromatic carbocycles. The van der Waals surface area contributed by atoms with Crippen molar-refractivity contribution < 1.29 is 4.39 Å². The van der Waals surface area contributed by atoms with Crippen LogP contribution < -0.4 is 10.2 Å². The third-order valence-corrected chi connectivity index (χ3v) is 4.53. The number of guanidine groups is 1. The molecule has 0 amide bonds. The molecule has 1 N–H and O–H groups in total. The van der Waals surface area contributed by atoms with Crippen LogP contribution in [0, 0.1) is 5.82 Å². The minimum atomic E-state index is -0.192. The van der Waals surface area contributed by atoms with E-state index in [1.807, 2.05) is 36.3 Å². The van der Waals surface area contributed by atoms with Crippen molar-refractivity contribution in [3.63, 3.8) is 0 Å². The molecule has 7 heteroatoms. The number of nitrogens with zero attached hydrogens (tertiary/aromatic N) is 5. The average molecular weight is 358 g/mol. The van der Waals surface area contributed by atoms with Gasteiger partial charge in [-0.2, -0.15) is 5.10 Å². The maximum atomic E-state index is 13.1. The largest absolute Gasteiger partial charge is 0.368 e. The Kier molecular flexibility index (Phi) is 6.09. The second kappa shape index (κ2) is 8.69. The Morgan fingerprint density at radius 3 is 2.54 bits per heavy atom. The standard InChI is InChI=1S/C19H27FN6/c1-3-21-19(22-9-8-16-14-23-24(2)15-16)26-12-10-25(11-13-26)18-6-4-17(20)5-7-18/h4-7,14-15H,3,8-13H2,1-2H3,(H,21,22). The molecular formula is C19H27FN6. The molecule has 0 atom stereocenters. The number of hydrogen-bond donors (Lipinski definition) is 1. The maximum Gasteiger partial charge on any atom is 0.194 e. The number of benzene rings is 1. The summed E-state index contributed by atoms with van der Waals surface area (Å²) in [6, 6.07) is 6.73. The average Bonchev–Trinajstić information content (AvgIpc) is 3.07. The summed E-state index contributed by atoms with van der Waals surface area (Å²) < 4.78 is 14.9. The minimum absolute atomic E-state index is 0.192. The van der Waals surface area contributed by atoms with Crippen molar-refractivity contribution in [2.75, 3.05) is 44.2 Å².